The first kappa shape index (κ1) is 16.6. The zero-order valence-electron chi connectivity index (χ0n) is 14.4. The van der Waals surface area contributed by atoms with Gasteiger partial charge in [-0.15, -0.1) is 0 Å². The highest BCUT2D eigenvalue weighted by Crippen LogP contribution is 2.15. The van der Waals surface area contributed by atoms with Crippen LogP contribution in [0.25, 0.3) is 17.1 Å². The first-order chi connectivity index (χ1) is 12.0. The van der Waals surface area contributed by atoms with Crippen LogP contribution < -0.4 is 10.2 Å². The van der Waals surface area contributed by atoms with E-state index in [0.29, 0.717) is 12.5 Å². The molecule has 25 heavy (non-hydrogen) atoms. The minimum absolute atomic E-state index is 0.200. The Balaban J connectivity index is 1.59. The third-order valence-corrected chi connectivity index (χ3v) is 3.68. The smallest absolute Gasteiger partial charge is 0.244 e. The first-order valence-electron chi connectivity index (χ1n) is 7.92. The van der Waals surface area contributed by atoms with Crippen LogP contribution in [-0.4, -0.2) is 39.9 Å². The predicted molar refractivity (Wildman–Crippen MR) is 98.1 cm³/mol. The number of anilines is 1. The molecule has 7 nitrogen and oxygen atoms in total. The number of hydrogen-bond donors (Lipinski definition) is 2. The quantitative estimate of drug-likeness (QED) is 0.697. The molecular formula is C18H20N6O. The lowest BCUT2D eigenvalue weighted by molar-refractivity contribution is -0.116. The van der Waals surface area contributed by atoms with Gasteiger partial charge in [0.05, 0.1) is 17.6 Å². The van der Waals surface area contributed by atoms with Crippen LogP contribution in [0.4, 0.5) is 5.95 Å². The van der Waals surface area contributed by atoms with Crippen molar-refractivity contribution in [2.75, 3.05) is 19.0 Å². The number of hydrogen-bond acceptors (Lipinski definition) is 5. The van der Waals surface area contributed by atoms with Crippen molar-refractivity contribution >= 4 is 29.0 Å². The number of para-hydroxylation sites is 1. The SMILES string of the molecule is Cc1cccc2[nH]c(CNC(=O)C=Cc3cnc(N(C)C)nc3)nc12. The summed E-state index contributed by atoms with van der Waals surface area (Å²) in [5.41, 5.74) is 3.77. The van der Waals surface area contributed by atoms with Crippen LogP contribution in [0.1, 0.15) is 17.0 Å². The summed E-state index contributed by atoms with van der Waals surface area (Å²) < 4.78 is 0. The highest BCUT2D eigenvalue weighted by molar-refractivity contribution is 5.91. The Morgan fingerprint density at radius 2 is 2.04 bits per heavy atom. The lowest BCUT2D eigenvalue weighted by Crippen LogP contribution is -2.20. The van der Waals surface area contributed by atoms with Gasteiger partial charge in [0.25, 0.3) is 0 Å². The summed E-state index contributed by atoms with van der Waals surface area (Å²) in [5.74, 6) is 1.15. The summed E-state index contributed by atoms with van der Waals surface area (Å²) in [6.45, 7) is 2.35. The van der Waals surface area contributed by atoms with Crippen LogP contribution in [0.15, 0.2) is 36.7 Å². The van der Waals surface area contributed by atoms with Gasteiger partial charge in [-0.3, -0.25) is 4.79 Å². The Hall–Kier alpha value is -3.22. The number of benzene rings is 1. The van der Waals surface area contributed by atoms with Gasteiger partial charge in [0, 0.05) is 38.1 Å². The van der Waals surface area contributed by atoms with Gasteiger partial charge in [0.15, 0.2) is 0 Å². The third kappa shape index (κ3) is 4.00. The van der Waals surface area contributed by atoms with Crippen LogP contribution in [0.5, 0.6) is 0 Å². The maximum absolute atomic E-state index is 12.0. The highest BCUT2D eigenvalue weighted by atomic mass is 16.1. The molecule has 0 aliphatic rings. The number of H-pyrrole nitrogens is 1. The largest absolute Gasteiger partial charge is 0.347 e. The molecule has 0 aliphatic heterocycles. The minimum atomic E-state index is -0.200. The van der Waals surface area contributed by atoms with E-state index in [1.165, 1.54) is 6.08 Å². The number of carbonyl (C=O) groups is 1. The Bertz CT molecular complexity index is 911. The summed E-state index contributed by atoms with van der Waals surface area (Å²) in [7, 11) is 3.75. The summed E-state index contributed by atoms with van der Waals surface area (Å²) in [6.07, 6.45) is 6.49. The van der Waals surface area contributed by atoms with E-state index < -0.39 is 0 Å². The zero-order chi connectivity index (χ0) is 17.8. The lowest BCUT2D eigenvalue weighted by Gasteiger charge is -2.08. The highest BCUT2D eigenvalue weighted by Gasteiger charge is 2.05. The second-order valence-corrected chi connectivity index (χ2v) is 5.92. The van der Waals surface area contributed by atoms with Crippen LogP contribution in [-0.2, 0) is 11.3 Å². The molecule has 7 heteroatoms. The summed E-state index contributed by atoms with van der Waals surface area (Å²) in [5, 5.41) is 2.81. The van der Waals surface area contributed by atoms with Gasteiger partial charge in [0.1, 0.15) is 5.82 Å². The lowest BCUT2D eigenvalue weighted by atomic mass is 10.2. The number of nitrogens with one attached hydrogen (secondary N) is 2. The number of aryl methyl sites for hydroxylation is 1. The first-order valence-corrected chi connectivity index (χ1v) is 7.92. The van der Waals surface area contributed by atoms with Crippen molar-refractivity contribution in [2.24, 2.45) is 0 Å². The molecule has 0 saturated heterocycles. The van der Waals surface area contributed by atoms with E-state index >= 15 is 0 Å². The van der Waals surface area contributed by atoms with Crippen molar-refractivity contribution in [1.29, 1.82) is 0 Å². The molecule has 0 fully saturated rings. The predicted octanol–water partition coefficient (Wildman–Crippen LogP) is 2.06. The average molecular weight is 336 g/mol. The monoisotopic (exact) mass is 336 g/mol. The van der Waals surface area contributed by atoms with E-state index in [0.717, 1.165) is 28.0 Å². The molecule has 2 N–H and O–H groups in total. The maximum atomic E-state index is 12.0. The molecule has 2 aromatic heterocycles. The number of amides is 1. The van der Waals surface area contributed by atoms with Gasteiger partial charge in [-0.25, -0.2) is 15.0 Å². The summed E-state index contributed by atoms with van der Waals surface area (Å²) in [4.78, 5) is 29.9. The molecule has 0 saturated carbocycles. The molecule has 0 spiro atoms. The van der Waals surface area contributed by atoms with E-state index in [-0.39, 0.29) is 5.91 Å². The van der Waals surface area contributed by atoms with Crippen LogP contribution >= 0.6 is 0 Å². The number of rotatable bonds is 5. The summed E-state index contributed by atoms with van der Waals surface area (Å²) in [6, 6.07) is 5.96. The molecule has 3 rings (SSSR count). The van der Waals surface area contributed by atoms with Crippen molar-refractivity contribution in [3.63, 3.8) is 0 Å². The van der Waals surface area contributed by atoms with E-state index in [4.69, 9.17) is 0 Å². The van der Waals surface area contributed by atoms with Crippen molar-refractivity contribution in [2.45, 2.75) is 13.5 Å². The van der Waals surface area contributed by atoms with Crippen molar-refractivity contribution in [3.05, 3.63) is 53.6 Å². The molecule has 1 aromatic carbocycles. The molecule has 0 atom stereocenters. The van der Waals surface area contributed by atoms with Crippen molar-refractivity contribution < 1.29 is 4.79 Å². The number of carbonyl (C=O) groups excluding carboxylic acids is 1. The average Bonchev–Trinajstić information content (AvgIpc) is 3.03. The van der Waals surface area contributed by atoms with Gasteiger partial charge in [-0.05, 0) is 24.6 Å². The molecule has 3 aromatic rings. The van der Waals surface area contributed by atoms with E-state index in [1.54, 1.807) is 18.5 Å². The standard InChI is InChI=1S/C18H20N6O/c1-12-5-4-6-14-17(12)23-15(22-14)11-19-16(25)8-7-13-9-20-18(21-10-13)24(2)3/h4-10H,11H2,1-3H3,(H,19,25)(H,22,23). The second kappa shape index (κ2) is 7.12. The van der Waals surface area contributed by atoms with Crippen molar-refractivity contribution in [3.8, 4) is 0 Å². The van der Waals surface area contributed by atoms with E-state index in [2.05, 4.69) is 25.3 Å². The topological polar surface area (TPSA) is 86.8 Å². The molecule has 2 heterocycles. The Kier molecular flexibility index (Phi) is 4.74. The molecule has 1 amide bonds. The maximum Gasteiger partial charge on any atom is 0.244 e. The summed E-state index contributed by atoms with van der Waals surface area (Å²) >= 11 is 0. The Morgan fingerprint density at radius 3 is 2.72 bits per heavy atom. The fraction of sp³-hybridized carbons (Fsp3) is 0.222. The fourth-order valence-corrected chi connectivity index (χ4v) is 2.36. The van der Waals surface area contributed by atoms with Gasteiger partial charge in [-0.2, -0.15) is 0 Å². The Morgan fingerprint density at radius 1 is 1.28 bits per heavy atom. The minimum Gasteiger partial charge on any atom is -0.347 e. The van der Waals surface area contributed by atoms with Crippen LogP contribution in [0, 0.1) is 6.92 Å². The molecule has 0 bridgehead atoms. The van der Waals surface area contributed by atoms with Gasteiger partial charge < -0.3 is 15.2 Å². The van der Waals surface area contributed by atoms with Crippen molar-refractivity contribution in [1.82, 2.24) is 25.3 Å². The number of fused-ring (bicyclic) bond motifs is 1. The van der Waals surface area contributed by atoms with Gasteiger partial charge >= 0.3 is 0 Å². The van der Waals surface area contributed by atoms with Crippen LogP contribution in [0.2, 0.25) is 0 Å². The normalized spacial score (nSPS) is 11.2. The van der Waals surface area contributed by atoms with Crippen LogP contribution in [0.3, 0.4) is 0 Å². The van der Waals surface area contributed by atoms with E-state index in [9.17, 15) is 4.79 Å². The number of nitrogens with zero attached hydrogens (tertiary/aromatic N) is 4. The number of aromatic nitrogens is 4. The fourth-order valence-electron chi connectivity index (χ4n) is 2.36. The molecular weight excluding hydrogens is 316 g/mol. The number of imidazole rings is 1. The molecule has 0 unspecified atom stereocenters. The third-order valence-electron chi connectivity index (χ3n) is 3.68. The number of aromatic amines is 1. The van der Waals surface area contributed by atoms with Gasteiger partial charge in [-0.1, -0.05) is 12.1 Å². The van der Waals surface area contributed by atoms with E-state index in [1.807, 2.05) is 44.1 Å². The molecule has 0 aliphatic carbocycles. The second-order valence-electron chi connectivity index (χ2n) is 5.92. The van der Waals surface area contributed by atoms with Gasteiger partial charge in [0.2, 0.25) is 11.9 Å². The molecule has 0 radical (unpaired) electrons. The molecule has 128 valence electrons. The zero-order valence-corrected chi connectivity index (χ0v) is 14.4. The Labute approximate surface area is 145 Å².